The third kappa shape index (κ3) is 2.59. The van der Waals surface area contributed by atoms with Crippen LogP contribution in [0.15, 0.2) is 6.07 Å². The third-order valence-corrected chi connectivity index (χ3v) is 5.22. The van der Waals surface area contributed by atoms with E-state index in [1.165, 1.54) is 36.1 Å². The minimum absolute atomic E-state index is 0.132. The first-order chi connectivity index (χ1) is 8.83. The number of hydrogen-bond donors (Lipinski definition) is 2. The lowest BCUT2D eigenvalue weighted by Gasteiger charge is -2.22. The highest BCUT2D eigenvalue weighted by Gasteiger charge is 2.19. The third-order valence-electron chi connectivity index (χ3n) is 3.98. The summed E-state index contributed by atoms with van der Waals surface area (Å²) in [5.41, 5.74) is 1.41. The van der Waals surface area contributed by atoms with Crippen LogP contribution in [0.1, 0.15) is 39.4 Å². The van der Waals surface area contributed by atoms with Gasteiger partial charge >= 0.3 is 0 Å². The molecule has 2 heterocycles. The van der Waals surface area contributed by atoms with E-state index in [2.05, 4.69) is 16.7 Å². The van der Waals surface area contributed by atoms with E-state index >= 15 is 0 Å². The van der Waals surface area contributed by atoms with Crippen LogP contribution in [0.3, 0.4) is 0 Å². The average molecular weight is 264 g/mol. The molecule has 2 N–H and O–H groups in total. The van der Waals surface area contributed by atoms with Gasteiger partial charge in [0.25, 0.3) is 5.91 Å². The fourth-order valence-corrected chi connectivity index (χ4v) is 4.02. The van der Waals surface area contributed by atoms with Gasteiger partial charge in [0.15, 0.2) is 0 Å². The Hall–Kier alpha value is -0.870. The molecule has 18 heavy (non-hydrogen) atoms. The largest absolute Gasteiger partial charge is 0.351 e. The topological polar surface area (TPSA) is 41.1 Å². The Morgan fingerprint density at radius 2 is 2.22 bits per heavy atom. The number of nitrogens with one attached hydrogen (secondary N) is 2. The van der Waals surface area contributed by atoms with Crippen molar-refractivity contribution in [3.05, 3.63) is 21.4 Å². The highest BCUT2D eigenvalue weighted by Crippen LogP contribution is 2.30. The predicted molar refractivity (Wildman–Crippen MR) is 74.3 cm³/mol. The fraction of sp³-hybridized carbons (Fsp3) is 0.643. The Morgan fingerprint density at radius 1 is 1.39 bits per heavy atom. The maximum absolute atomic E-state index is 12.1. The molecule has 0 atom stereocenters. The molecule has 0 spiro atoms. The second kappa shape index (κ2) is 5.41. The lowest BCUT2D eigenvalue weighted by molar-refractivity contribution is 0.0948. The number of carbonyl (C=O) groups excluding carboxylic acids is 1. The van der Waals surface area contributed by atoms with Crippen molar-refractivity contribution in [3.63, 3.8) is 0 Å². The van der Waals surface area contributed by atoms with Crippen LogP contribution in [0.4, 0.5) is 0 Å². The van der Waals surface area contributed by atoms with E-state index in [4.69, 9.17) is 0 Å². The monoisotopic (exact) mass is 264 g/mol. The lowest BCUT2D eigenvalue weighted by Crippen LogP contribution is -2.35. The molecule has 1 fully saturated rings. The van der Waals surface area contributed by atoms with Crippen LogP contribution < -0.4 is 10.6 Å². The molecule has 3 rings (SSSR count). The minimum Gasteiger partial charge on any atom is -0.351 e. The standard InChI is InChI=1S/C14H20N2OS/c17-14(16-9-10-4-6-15-7-5-10)13-8-11-2-1-3-12(11)18-13/h8,10,15H,1-7,9H2,(H,16,17). The van der Waals surface area contributed by atoms with E-state index in [1.54, 1.807) is 11.3 Å². The summed E-state index contributed by atoms with van der Waals surface area (Å²) in [6.45, 7) is 3.02. The van der Waals surface area contributed by atoms with E-state index in [-0.39, 0.29) is 5.91 Å². The second-order valence-corrected chi connectivity index (χ2v) is 6.45. The van der Waals surface area contributed by atoms with Crippen LogP contribution in [-0.4, -0.2) is 25.5 Å². The number of amides is 1. The summed E-state index contributed by atoms with van der Waals surface area (Å²) in [6.07, 6.45) is 5.95. The Labute approximate surface area is 112 Å². The average Bonchev–Trinajstić information content (AvgIpc) is 2.98. The number of rotatable bonds is 3. The molecule has 1 aliphatic heterocycles. The highest BCUT2D eigenvalue weighted by molar-refractivity contribution is 7.14. The molecule has 1 aliphatic carbocycles. The van der Waals surface area contributed by atoms with Crippen molar-refractivity contribution in [2.45, 2.75) is 32.1 Å². The molecule has 0 unspecified atom stereocenters. The molecular weight excluding hydrogens is 244 g/mol. The van der Waals surface area contributed by atoms with Gasteiger partial charge in [0.05, 0.1) is 4.88 Å². The number of piperidine rings is 1. The van der Waals surface area contributed by atoms with Crippen LogP contribution in [0.25, 0.3) is 0 Å². The zero-order chi connectivity index (χ0) is 12.4. The molecule has 1 aromatic heterocycles. The van der Waals surface area contributed by atoms with Gasteiger partial charge in [-0.1, -0.05) is 0 Å². The highest BCUT2D eigenvalue weighted by atomic mass is 32.1. The Balaban J connectivity index is 1.54. The zero-order valence-electron chi connectivity index (χ0n) is 10.6. The number of hydrogen-bond acceptors (Lipinski definition) is 3. The van der Waals surface area contributed by atoms with Crippen molar-refractivity contribution in [2.75, 3.05) is 19.6 Å². The smallest absolute Gasteiger partial charge is 0.261 e. The van der Waals surface area contributed by atoms with Gasteiger partial charge in [-0.15, -0.1) is 11.3 Å². The Morgan fingerprint density at radius 3 is 3.00 bits per heavy atom. The number of carbonyl (C=O) groups is 1. The summed E-state index contributed by atoms with van der Waals surface area (Å²) in [4.78, 5) is 14.4. The van der Waals surface area contributed by atoms with Gasteiger partial charge in [-0.3, -0.25) is 4.79 Å². The van der Waals surface area contributed by atoms with Gasteiger partial charge in [-0.2, -0.15) is 0 Å². The normalized spacial score (nSPS) is 19.8. The summed E-state index contributed by atoms with van der Waals surface area (Å²) >= 11 is 1.69. The van der Waals surface area contributed by atoms with Crippen LogP contribution in [-0.2, 0) is 12.8 Å². The maximum atomic E-state index is 12.1. The molecule has 0 radical (unpaired) electrons. The second-order valence-electron chi connectivity index (χ2n) is 5.32. The maximum Gasteiger partial charge on any atom is 0.261 e. The first kappa shape index (κ1) is 12.2. The van der Waals surface area contributed by atoms with E-state index in [0.29, 0.717) is 5.92 Å². The predicted octanol–water partition coefficient (Wildman–Crippen LogP) is 1.97. The van der Waals surface area contributed by atoms with Crippen LogP contribution >= 0.6 is 11.3 Å². The molecule has 98 valence electrons. The molecule has 1 saturated heterocycles. The number of thiophene rings is 1. The fourth-order valence-electron chi connectivity index (χ4n) is 2.85. The summed E-state index contributed by atoms with van der Waals surface area (Å²) in [7, 11) is 0. The molecule has 0 bridgehead atoms. The van der Waals surface area contributed by atoms with E-state index in [9.17, 15) is 4.79 Å². The van der Waals surface area contributed by atoms with Crippen molar-refractivity contribution < 1.29 is 4.79 Å². The van der Waals surface area contributed by atoms with Crippen LogP contribution in [0.2, 0.25) is 0 Å². The first-order valence-electron chi connectivity index (χ1n) is 6.93. The molecule has 1 aromatic rings. The van der Waals surface area contributed by atoms with Gasteiger partial charge in [0, 0.05) is 11.4 Å². The van der Waals surface area contributed by atoms with Crippen molar-refractivity contribution in [2.24, 2.45) is 5.92 Å². The Bertz CT molecular complexity index is 414. The van der Waals surface area contributed by atoms with E-state index in [1.807, 2.05) is 0 Å². The summed E-state index contributed by atoms with van der Waals surface area (Å²) in [5.74, 6) is 0.787. The van der Waals surface area contributed by atoms with Gasteiger partial charge in [-0.25, -0.2) is 0 Å². The molecule has 4 heteroatoms. The van der Waals surface area contributed by atoms with E-state index in [0.717, 1.165) is 30.9 Å². The quantitative estimate of drug-likeness (QED) is 0.876. The lowest BCUT2D eigenvalue weighted by atomic mass is 9.98. The molecular formula is C14H20N2OS. The number of aryl methyl sites for hydroxylation is 2. The van der Waals surface area contributed by atoms with Crippen molar-refractivity contribution in [3.8, 4) is 0 Å². The zero-order valence-corrected chi connectivity index (χ0v) is 11.4. The molecule has 1 amide bonds. The minimum atomic E-state index is 0.132. The van der Waals surface area contributed by atoms with Crippen molar-refractivity contribution >= 4 is 17.2 Å². The number of fused-ring (bicyclic) bond motifs is 1. The summed E-state index contributed by atoms with van der Waals surface area (Å²) in [6, 6.07) is 2.10. The summed E-state index contributed by atoms with van der Waals surface area (Å²) < 4.78 is 0. The van der Waals surface area contributed by atoms with Gasteiger partial charge in [0.2, 0.25) is 0 Å². The molecule has 0 saturated carbocycles. The van der Waals surface area contributed by atoms with Crippen LogP contribution in [0, 0.1) is 5.92 Å². The SMILES string of the molecule is O=C(NCC1CCNCC1)c1cc2c(s1)CCC2. The van der Waals surface area contributed by atoms with Gasteiger partial charge in [0.1, 0.15) is 0 Å². The van der Waals surface area contributed by atoms with Crippen molar-refractivity contribution in [1.29, 1.82) is 0 Å². The Kier molecular flexibility index (Phi) is 3.66. The van der Waals surface area contributed by atoms with Crippen LogP contribution in [0.5, 0.6) is 0 Å². The van der Waals surface area contributed by atoms with Gasteiger partial charge < -0.3 is 10.6 Å². The molecule has 2 aliphatic rings. The molecule has 0 aromatic carbocycles. The molecule has 3 nitrogen and oxygen atoms in total. The first-order valence-corrected chi connectivity index (χ1v) is 7.75. The summed E-state index contributed by atoms with van der Waals surface area (Å²) in [5, 5.41) is 6.45. The van der Waals surface area contributed by atoms with Gasteiger partial charge in [-0.05, 0) is 62.7 Å². The van der Waals surface area contributed by atoms with Crippen molar-refractivity contribution in [1.82, 2.24) is 10.6 Å². The van der Waals surface area contributed by atoms with E-state index < -0.39 is 0 Å².